The first-order valence-corrected chi connectivity index (χ1v) is 7.29. The van der Waals surface area contributed by atoms with Gasteiger partial charge in [-0.3, -0.25) is 0 Å². The Morgan fingerprint density at radius 2 is 1.67 bits per heavy atom. The van der Waals surface area contributed by atoms with Gasteiger partial charge in [-0.2, -0.15) is 5.26 Å². The zero-order valence-electron chi connectivity index (χ0n) is 11.8. The number of hydrogen-bond acceptors (Lipinski definition) is 3. The minimum Gasteiger partial charge on any atom is -0.348 e. The van der Waals surface area contributed by atoms with Gasteiger partial charge < -0.3 is 9.47 Å². The third-order valence-corrected chi connectivity index (χ3v) is 4.61. The lowest BCUT2D eigenvalue weighted by Crippen LogP contribution is -2.41. The Morgan fingerprint density at radius 1 is 1.05 bits per heavy atom. The predicted molar refractivity (Wildman–Crippen MR) is 75.9 cm³/mol. The van der Waals surface area contributed by atoms with Crippen molar-refractivity contribution >= 4 is 0 Å². The fourth-order valence-corrected chi connectivity index (χ4v) is 3.39. The summed E-state index contributed by atoms with van der Waals surface area (Å²) in [5, 5.41) is 8.86. The van der Waals surface area contributed by atoms with Crippen molar-refractivity contribution in [3.05, 3.63) is 47.8 Å². The average Bonchev–Trinajstić information content (AvgIpc) is 2.97. The zero-order valence-corrected chi connectivity index (χ0v) is 11.8. The molecule has 3 nitrogen and oxygen atoms in total. The molecule has 0 radical (unpaired) electrons. The van der Waals surface area contributed by atoms with E-state index < -0.39 is 5.79 Å². The van der Waals surface area contributed by atoms with Crippen molar-refractivity contribution in [3.63, 3.8) is 0 Å². The molecule has 21 heavy (non-hydrogen) atoms. The van der Waals surface area contributed by atoms with Crippen molar-refractivity contribution in [2.75, 3.05) is 13.2 Å². The summed E-state index contributed by atoms with van der Waals surface area (Å²) in [5.74, 6) is -0.683. The van der Waals surface area contributed by atoms with Gasteiger partial charge in [-0.1, -0.05) is 18.2 Å². The molecule has 2 aliphatic rings. The number of hydrogen-bond donors (Lipinski definition) is 0. The highest BCUT2D eigenvalue weighted by Gasteiger charge is 2.45. The van der Waals surface area contributed by atoms with Crippen molar-refractivity contribution < 1.29 is 13.9 Å². The highest BCUT2D eigenvalue weighted by molar-refractivity contribution is 5.33. The van der Waals surface area contributed by atoms with E-state index in [1.165, 1.54) is 18.2 Å². The lowest BCUT2D eigenvalue weighted by atomic mass is 9.67. The van der Waals surface area contributed by atoms with Crippen molar-refractivity contribution in [1.29, 1.82) is 5.26 Å². The number of allylic oxidation sites excluding steroid dienone is 2. The number of halogens is 1. The van der Waals surface area contributed by atoms with Crippen LogP contribution in [0.2, 0.25) is 0 Å². The average molecular weight is 287 g/mol. The molecule has 1 heterocycles. The molecule has 1 spiro atoms. The van der Waals surface area contributed by atoms with Crippen LogP contribution in [0.25, 0.3) is 0 Å². The summed E-state index contributed by atoms with van der Waals surface area (Å²) >= 11 is 0. The molecular weight excluding hydrogens is 269 g/mol. The Balaban J connectivity index is 1.87. The Hall–Kier alpha value is -1.70. The first kappa shape index (κ1) is 14.2. The molecule has 1 saturated heterocycles. The highest BCUT2D eigenvalue weighted by Crippen LogP contribution is 2.47. The maximum absolute atomic E-state index is 13.2. The Labute approximate surface area is 124 Å². The van der Waals surface area contributed by atoms with Crippen LogP contribution in [-0.2, 0) is 14.9 Å². The lowest BCUT2D eigenvalue weighted by molar-refractivity contribution is -0.182. The Kier molecular flexibility index (Phi) is 3.79. The van der Waals surface area contributed by atoms with E-state index in [0.717, 1.165) is 31.2 Å². The van der Waals surface area contributed by atoms with E-state index in [1.807, 2.05) is 18.2 Å². The number of nitriles is 1. The number of benzene rings is 1. The summed E-state index contributed by atoms with van der Waals surface area (Å²) < 4.78 is 24.7. The maximum atomic E-state index is 13.2. The molecule has 0 amide bonds. The first-order valence-electron chi connectivity index (χ1n) is 7.29. The molecule has 2 fully saturated rings. The van der Waals surface area contributed by atoms with Crippen molar-refractivity contribution in [2.24, 2.45) is 0 Å². The topological polar surface area (TPSA) is 42.2 Å². The monoisotopic (exact) mass is 287 g/mol. The maximum Gasteiger partial charge on any atom is 0.168 e. The van der Waals surface area contributed by atoms with Gasteiger partial charge in [0.25, 0.3) is 0 Å². The molecule has 0 aromatic heterocycles. The number of nitrogens with zero attached hydrogens (tertiary/aromatic N) is 1. The van der Waals surface area contributed by atoms with Gasteiger partial charge in [0.05, 0.1) is 19.3 Å². The van der Waals surface area contributed by atoms with Gasteiger partial charge in [0.15, 0.2) is 5.79 Å². The largest absolute Gasteiger partial charge is 0.348 e. The Bertz CT molecular complexity index is 557. The van der Waals surface area contributed by atoms with Crippen LogP contribution >= 0.6 is 0 Å². The molecule has 0 atom stereocenters. The molecule has 1 saturated carbocycles. The number of rotatable bonds is 2. The van der Waals surface area contributed by atoms with E-state index in [1.54, 1.807) is 0 Å². The summed E-state index contributed by atoms with van der Waals surface area (Å²) in [5.41, 5.74) is 0.813. The van der Waals surface area contributed by atoms with Gasteiger partial charge >= 0.3 is 0 Å². The van der Waals surface area contributed by atoms with Crippen molar-refractivity contribution in [1.82, 2.24) is 0 Å². The molecule has 1 aromatic rings. The van der Waals surface area contributed by atoms with Crippen LogP contribution in [0.1, 0.15) is 31.2 Å². The van der Waals surface area contributed by atoms with Crippen molar-refractivity contribution in [3.8, 4) is 6.07 Å². The molecule has 0 bridgehead atoms. The normalized spacial score (nSPS) is 23.4. The SMILES string of the molecule is N#CC=CC1(c2ccc(F)cc2)CCC2(CC1)OCCO2. The van der Waals surface area contributed by atoms with Gasteiger partial charge in [0.2, 0.25) is 0 Å². The second kappa shape index (κ2) is 5.59. The molecule has 1 aliphatic heterocycles. The second-order valence-corrected chi connectivity index (χ2v) is 5.73. The Morgan fingerprint density at radius 3 is 2.24 bits per heavy atom. The van der Waals surface area contributed by atoms with E-state index in [9.17, 15) is 4.39 Å². The predicted octanol–water partition coefficient (Wildman–Crippen LogP) is 3.46. The molecule has 0 unspecified atom stereocenters. The fraction of sp³-hybridized carbons (Fsp3) is 0.471. The summed E-state index contributed by atoms with van der Waals surface area (Å²) in [6.45, 7) is 1.30. The minimum absolute atomic E-state index is 0.232. The summed E-state index contributed by atoms with van der Waals surface area (Å²) in [6, 6.07) is 8.64. The van der Waals surface area contributed by atoms with Gasteiger partial charge in [-0.15, -0.1) is 0 Å². The first-order chi connectivity index (χ1) is 10.2. The van der Waals surface area contributed by atoms with Crippen molar-refractivity contribution in [2.45, 2.75) is 36.9 Å². The summed E-state index contributed by atoms with van der Waals surface area (Å²) in [6.07, 6.45) is 6.72. The van der Waals surface area contributed by atoms with Crippen LogP contribution in [0.3, 0.4) is 0 Å². The van der Waals surface area contributed by atoms with E-state index in [0.29, 0.717) is 13.2 Å². The van der Waals surface area contributed by atoms with Crippen LogP contribution in [0, 0.1) is 17.1 Å². The van der Waals surface area contributed by atoms with E-state index in [4.69, 9.17) is 14.7 Å². The van der Waals surface area contributed by atoms with E-state index >= 15 is 0 Å². The standard InChI is InChI=1S/C17H18FNO2/c18-15-4-2-14(3-5-15)16(6-1-11-19)7-9-17(10-8-16)20-12-13-21-17/h1-6H,7-10,12-13H2. The van der Waals surface area contributed by atoms with Crippen LogP contribution in [0.4, 0.5) is 4.39 Å². The van der Waals surface area contributed by atoms with Gasteiger partial charge in [0.1, 0.15) is 5.82 Å². The summed E-state index contributed by atoms with van der Waals surface area (Å²) in [7, 11) is 0. The van der Waals surface area contributed by atoms with Crippen LogP contribution < -0.4 is 0 Å². The van der Waals surface area contributed by atoms with Crippen LogP contribution in [-0.4, -0.2) is 19.0 Å². The second-order valence-electron chi connectivity index (χ2n) is 5.73. The van der Waals surface area contributed by atoms with E-state index in [-0.39, 0.29) is 11.2 Å². The third kappa shape index (κ3) is 2.72. The summed E-state index contributed by atoms with van der Waals surface area (Å²) in [4.78, 5) is 0. The van der Waals surface area contributed by atoms with Crippen LogP contribution in [0.15, 0.2) is 36.4 Å². The third-order valence-electron chi connectivity index (χ3n) is 4.61. The minimum atomic E-state index is -0.440. The van der Waals surface area contributed by atoms with Gasteiger partial charge in [-0.25, -0.2) is 4.39 Å². The molecule has 1 aliphatic carbocycles. The molecule has 3 rings (SSSR count). The van der Waals surface area contributed by atoms with Gasteiger partial charge in [-0.05, 0) is 30.5 Å². The lowest BCUT2D eigenvalue weighted by Gasteiger charge is -2.42. The smallest absolute Gasteiger partial charge is 0.168 e. The molecule has 0 N–H and O–H groups in total. The fourth-order valence-electron chi connectivity index (χ4n) is 3.39. The van der Waals surface area contributed by atoms with E-state index in [2.05, 4.69) is 6.07 Å². The van der Waals surface area contributed by atoms with Gasteiger partial charge in [0, 0.05) is 24.3 Å². The van der Waals surface area contributed by atoms with Crippen LogP contribution in [0.5, 0.6) is 0 Å². The highest BCUT2D eigenvalue weighted by atomic mass is 19.1. The molecule has 4 heteroatoms. The number of ether oxygens (including phenoxy) is 2. The molecular formula is C17H18FNO2. The quantitative estimate of drug-likeness (QED) is 0.782. The molecule has 110 valence electrons. The molecule has 1 aromatic carbocycles. The zero-order chi connectivity index (χ0) is 14.8.